The number of ether oxygens (including phenoxy) is 3. The van der Waals surface area contributed by atoms with Gasteiger partial charge in [-0.2, -0.15) is 9.78 Å². The summed E-state index contributed by atoms with van der Waals surface area (Å²) in [4.78, 5) is 38.5. The lowest BCUT2D eigenvalue weighted by atomic mass is 10.2. The molecular weight excluding hydrogens is 534 g/mol. The summed E-state index contributed by atoms with van der Waals surface area (Å²) in [7, 11) is 0. The number of benzene rings is 2. The van der Waals surface area contributed by atoms with Gasteiger partial charge in [-0.15, -0.1) is 24.5 Å². The fourth-order valence-corrected chi connectivity index (χ4v) is 4.25. The lowest BCUT2D eigenvalue weighted by Gasteiger charge is -2.12. The predicted octanol–water partition coefficient (Wildman–Crippen LogP) is 4.68. The minimum atomic E-state index is -4.91. The third-order valence-corrected chi connectivity index (χ3v) is 5.77. The van der Waals surface area contributed by atoms with Gasteiger partial charge in [-0.1, -0.05) is 0 Å². The van der Waals surface area contributed by atoms with Gasteiger partial charge in [-0.05, 0) is 55.5 Å². The lowest BCUT2D eigenvalue weighted by molar-refractivity contribution is -0.274. The maximum absolute atomic E-state index is 13.4. The average molecular weight is 551 g/mol. The Bertz CT molecular complexity index is 1530. The summed E-state index contributed by atoms with van der Waals surface area (Å²) < 4.78 is 65.5. The first-order chi connectivity index (χ1) is 18.1. The molecule has 0 saturated heterocycles. The van der Waals surface area contributed by atoms with E-state index in [1.54, 1.807) is 6.92 Å². The number of nitrogens with zero attached hydrogens (tertiary/aromatic N) is 2. The normalized spacial score (nSPS) is 11.3. The molecule has 9 nitrogen and oxygen atoms in total. The molecule has 0 aliphatic heterocycles. The third kappa shape index (κ3) is 6.08. The van der Waals surface area contributed by atoms with Crippen molar-refractivity contribution in [1.82, 2.24) is 9.78 Å². The molecule has 0 aliphatic carbocycles. The Morgan fingerprint density at radius 3 is 2.34 bits per heavy atom. The highest BCUT2D eigenvalue weighted by molar-refractivity contribution is 7.16. The number of hydrogen-bond acceptors (Lipinski definition) is 8. The Balaban J connectivity index is 1.69. The van der Waals surface area contributed by atoms with Gasteiger partial charge in [0.2, 0.25) is 0 Å². The van der Waals surface area contributed by atoms with Crippen LogP contribution in [0, 0.1) is 5.82 Å². The van der Waals surface area contributed by atoms with Crippen molar-refractivity contribution in [3.05, 3.63) is 75.8 Å². The predicted molar refractivity (Wildman–Crippen MR) is 128 cm³/mol. The van der Waals surface area contributed by atoms with E-state index in [0.717, 1.165) is 52.4 Å². The van der Waals surface area contributed by atoms with Gasteiger partial charge in [-0.3, -0.25) is 9.59 Å². The Labute approximate surface area is 215 Å². The molecule has 4 rings (SSSR count). The van der Waals surface area contributed by atoms with E-state index in [1.165, 1.54) is 17.5 Å². The molecular formula is C24H17F4N3O6S. The average Bonchev–Trinajstić information content (AvgIpc) is 3.28. The number of nitrogens with one attached hydrogen (secondary N) is 1. The summed E-state index contributed by atoms with van der Waals surface area (Å²) in [5.74, 6) is -2.25. The summed E-state index contributed by atoms with van der Waals surface area (Å²) in [5.41, 5.74) is -0.968. The summed E-state index contributed by atoms with van der Waals surface area (Å²) in [6.45, 7) is 1.12. The van der Waals surface area contributed by atoms with Gasteiger partial charge in [0.15, 0.2) is 12.3 Å². The number of rotatable bonds is 8. The van der Waals surface area contributed by atoms with E-state index >= 15 is 0 Å². The van der Waals surface area contributed by atoms with Crippen molar-refractivity contribution in [2.75, 3.05) is 18.5 Å². The fourth-order valence-electron chi connectivity index (χ4n) is 3.30. The number of thiophene rings is 1. The number of carbonyl (C=O) groups excluding carboxylic acids is 2. The fraction of sp³-hybridized carbons (Fsp3) is 0.167. The molecule has 0 radical (unpaired) electrons. The molecule has 0 aliphatic rings. The van der Waals surface area contributed by atoms with Gasteiger partial charge < -0.3 is 19.5 Å². The van der Waals surface area contributed by atoms with E-state index in [4.69, 9.17) is 9.47 Å². The second kappa shape index (κ2) is 10.9. The van der Waals surface area contributed by atoms with Gasteiger partial charge >= 0.3 is 12.3 Å². The van der Waals surface area contributed by atoms with Crippen LogP contribution in [0.15, 0.2) is 58.7 Å². The highest BCUT2D eigenvalue weighted by Crippen LogP contribution is 2.31. The molecule has 4 aromatic rings. The minimum Gasteiger partial charge on any atom is -0.484 e. The van der Waals surface area contributed by atoms with Crippen molar-refractivity contribution in [2.24, 2.45) is 0 Å². The number of carbonyl (C=O) groups is 2. The second-order valence-electron chi connectivity index (χ2n) is 7.47. The molecule has 1 amide bonds. The van der Waals surface area contributed by atoms with Gasteiger partial charge in [0, 0.05) is 10.8 Å². The first-order valence-corrected chi connectivity index (χ1v) is 11.7. The number of alkyl halides is 3. The summed E-state index contributed by atoms with van der Waals surface area (Å²) in [6.07, 6.45) is -4.91. The number of amides is 1. The van der Waals surface area contributed by atoms with E-state index in [2.05, 4.69) is 15.2 Å². The number of fused-ring (bicyclic) bond motifs is 1. The van der Waals surface area contributed by atoms with Crippen molar-refractivity contribution >= 4 is 39.0 Å². The number of halogens is 4. The van der Waals surface area contributed by atoms with Crippen LogP contribution in [0.25, 0.3) is 16.5 Å². The van der Waals surface area contributed by atoms with Gasteiger partial charge in [0.25, 0.3) is 11.5 Å². The highest BCUT2D eigenvalue weighted by Gasteiger charge is 2.31. The topological polar surface area (TPSA) is 109 Å². The first-order valence-electron chi connectivity index (χ1n) is 10.8. The monoisotopic (exact) mass is 551 g/mol. The third-order valence-electron chi connectivity index (χ3n) is 4.87. The number of hydrogen-bond donors (Lipinski definition) is 1. The molecule has 0 bridgehead atoms. The van der Waals surface area contributed by atoms with E-state index in [9.17, 15) is 31.9 Å². The van der Waals surface area contributed by atoms with Crippen molar-refractivity contribution < 1.29 is 41.4 Å². The zero-order valence-corrected chi connectivity index (χ0v) is 20.2. The van der Waals surface area contributed by atoms with Crippen LogP contribution in [-0.4, -0.2) is 41.2 Å². The first kappa shape index (κ1) is 26.6. The van der Waals surface area contributed by atoms with Gasteiger partial charge in [0.1, 0.15) is 22.3 Å². The van der Waals surface area contributed by atoms with Crippen LogP contribution in [-0.2, 0) is 9.53 Å². The van der Waals surface area contributed by atoms with Crippen molar-refractivity contribution in [2.45, 2.75) is 13.3 Å². The van der Waals surface area contributed by atoms with Crippen LogP contribution < -0.4 is 20.3 Å². The Hall–Kier alpha value is -4.46. The smallest absolute Gasteiger partial charge is 0.484 e. The molecule has 0 atom stereocenters. The molecule has 2 aromatic heterocycles. The van der Waals surface area contributed by atoms with Crippen molar-refractivity contribution in [3.8, 4) is 17.2 Å². The molecule has 2 heterocycles. The van der Waals surface area contributed by atoms with Crippen LogP contribution in [0.5, 0.6) is 11.5 Å². The summed E-state index contributed by atoms with van der Waals surface area (Å²) in [6, 6.07) is 9.26. The zero-order chi connectivity index (χ0) is 27.4. The Morgan fingerprint density at radius 1 is 1.05 bits per heavy atom. The standard InChI is InChI=1S/C24H17F4N3O6S/c1-2-35-23(34)20-17-12-38-21(29-18(32)11-36-15-7-3-13(25)4-8-15)19(17)22(33)31(30-20)14-5-9-16(10-6-14)37-24(26,27)28/h3-10,12H,2,11H2,1H3,(H,29,32). The summed E-state index contributed by atoms with van der Waals surface area (Å²) >= 11 is 0.948. The van der Waals surface area contributed by atoms with Gasteiger partial charge in [0.05, 0.1) is 17.7 Å². The van der Waals surface area contributed by atoms with Crippen molar-refractivity contribution in [3.63, 3.8) is 0 Å². The second-order valence-corrected chi connectivity index (χ2v) is 8.35. The van der Waals surface area contributed by atoms with Crippen LogP contribution in [0.3, 0.4) is 0 Å². The van der Waals surface area contributed by atoms with E-state index in [1.807, 2.05) is 0 Å². The number of aromatic nitrogens is 2. The highest BCUT2D eigenvalue weighted by atomic mass is 32.1. The zero-order valence-electron chi connectivity index (χ0n) is 19.4. The SMILES string of the molecule is CCOC(=O)c1nn(-c2ccc(OC(F)(F)F)cc2)c(=O)c2c(NC(=O)COc3ccc(F)cc3)scc12. The molecule has 0 fully saturated rings. The lowest BCUT2D eigenvalue weighted by Crippen LogP contribution is -2.26. The molecule has 0 saturated carbocycles. The number of anilines is 1. The largest absolute Gasteiger partial charge is 0.573 e. The molecule has 198 valence electrons. The molecule has 2 aromatic carbocycles. The molecule has 1 N–H and O–H groups in total. The summed E-state index contributed by atoms with van der Waals surface area (Å²) in [5, 5.41) is 8.18. The van der Waals surface area contributed by atoms with Crippen LogP contribution in [0.2, 0.25) is 0 Å². The minimum absolute atomic E-state index is 0.0130. The molecule has 0 spiro atoms. The maximum atomic E-state index is 13.4. The van der Waals surface area contributed by atoms with E-state index < -0.39 is 42.0 Å². The van der Waals surface area contributed by atoms with Crippen LogP contribution in [0.4, 0.5) is 22.6 Å². The Kier molecular flexibility index (Phi) is 7.62. The Morgan fingerprint density at radius 2 is 1.71 bits per heavy atom. The molecule has 38 heavy (non-hydrogen) atoms. The van der Waals surface area contributed by atoms with Crippen LogP contribution in [0.1, 0.15) is 17.4 Å². The van der Waals surface area contributed by atoms with E-state index in [-0.39, 0.29) is 39.5 Å². The molecule has 0 unspecified atom stereocenters. The van der Waals surface area contributed by atoms with Gasteiger partial charge in [-0.25, -0.2) is 9.18 Å². The van der Waals surface area contributed by atoms with Crippen molar-refractivity contribution in [1.29, 1.82) is 0 Å². The van der Waals surface area contributed by atoms with Crippen LogP contribution >= 0.6 is 11.3 Å². The maximum Gasteiger partial charge on any atom is 0.573 e. The van der Waals surface area contributed by atoms with E-state index in [0.29, 0.717) is 0 Å². The quantitative estimate of drug-likeness (QED) is 0.250. The number of esters is 1. The molecule has 14 heteroatoms.